The van der Waals surface area contributed by atoms with E-state index >= 15 is 0 Å². The summed E-state index contributed by atoms with van der Waals surface area (Å²) >= 11 is 0. The summed E-state index contributed by atoms with van der Waals surface area (Å²) in [5.41, 5.74) is 0.255. The van der Waals surface area contributed by atoms with Gasteiger partial charge < -0.3 is 10.1 Å². The molecule has 1 saturated carbocycles. The second-order valence-corrected chi connectivity index (χ2v) is 5.12. The zero-order valence-corrected chi connectivity index (χ0v) is 10.8. The summed E-state index contributed by atoms with van der Waals surface area (Å²) in [6.07, 6.45) is 4.32. The van der Waals surface area contributed by atoms with Crippen molar-refractivity contribution >= 4 is 0 Å². The molecule has 1 N–H and O–H groups in total. The Morgan fingerprint density at radius 1 is 1.44 bits per heavy atom. The molecule has 1 aliphatic carbocycles. The van der Waals surface area contributed by atoms with E-state index in [1.54, 1.807) is 0 Å². The lowest BCUT2D eigenvalue weighted by Crippen LogP contribution is -2.61. The molecule has 0 radical (unpaired) electrons. The van der Waals surface area contributed by atoms with Crippen LogP contribution in [-0.2, 0) is 4.74 Å². The van der Waals surface area contributed by atoms with E-state index in [0.717, 1.165) is 32.4 Å². The minimum Gasteiger partial charge on any atom is -0.378 e. The van der Waals surface area contributed by atoms with Gasteiger partial charge in [-0.15, -0.1) is 0 Å². The standard InChI is InChI=1S/C13H24N2O/c1-4-16-12-10-11(13(12,2)3)15-9-7-5-6-8-14/h11-12,15H,4-7,9-10H2,1-3H3. The minimum absolute atomic E-state index is 0.255. The summed E-state index contributed by atoms with van der Waals surface area (Å²) in [5.74, 6) is 0. The summed E-state index contributed by atoms with van der Waals surface area (Å²) in [4.78, 5) is 0. The SMILES string of the molecule is CCOC1CC(NCCCCC#N)C1(C)C. The van der Waals surface area contributed by atoms with Crippen LogP contribution < -0.4 is 5.32 Å². The molecule has 0 aromatic heterocycles. The Bertz CT molecular complexity index is 245. The maximum absolute atomic E-state index is 8.42. The Morgan fingerprint density at radius 3 is 2.75 bits per heavy atom. The normalized spacial score (nSPS) is 27.1. The number of rotatable bonds is 7. The topological polar surface area (TPSA) is 45.0 Å². The summed E-state index contributed by atoms with van der Waals surface area (Å²) in [7, 11) is 0. The predicted octanol–water partition coefficient (Wildman–Crippen LogP) is 2.47. The summed E-state index contributed by atoms with van der Waals surface area (Å²) in [6.45, 7) is 8.42. The number of ether oxygens (including phenoxy) is 1. The first-order valence-corrected chi connectivity index (χ1v) is 6.34. The lowest BCUT2D eigenvalue weighted by Gasteiger charge is -2.52. The quantitative estimate of drug-likeness (QED) is 0.676. The summed E-state index contributed by atoms with van der Waals surface area (Å²) in [5, 5.41) is 12.0. The highest BCUT2D eigenvalue weighted by molar-refractivity contribution is 5.02. The highest BCUT2D eigenvalue weighted by Crippen LogP contribution is 2.42. The fourth-order valence-electron chi connectivity index (χ4n) is 2.32. The Hall–Kier alpha value is -0.590. The van der Waals surface area contributed by atoms with Crippen LogP contribution in [0.1, 0.15) is 46.5 Å². The van der Waals surface area contributed by atoms with Gasteiger partial charge in [-0.1, -0.05) is 13.8 Å². The van der Waals surface area contributed by atoms with Gasteiger partial charge in [-0.25, -0.2) is 0 Å². The number of hydrogen-bond donors (Lipinski definition) is 1. The van der Waals surface area contributed by atoms with Gasteiger partial charge >= 0.3 is 0 Å². The Morgan fingerprint density at radius 2 is 2.19 bits per heavy atom. The third kappa shape index (κ3) is 3.20. The second-order valence-electron chi connectivity index (χ2n) is 5.12. The molecule has 2 atom stereocenters. The second kappa shape index (κ2) is 6.22. The number of unbranched alkanes of at least 4 members (excludes halogenated alkanes) is 2. The monoisotopic (exact) mass is 224 g/mol. The molecule has 0 bridgehead atoms. The van der Waals surface area contributed by atoms with Gasteiger partial charge in [0.15, 0.2) is 0 Å². The van der Waals surface area contributed by atoms with Gasteiger partial charge in [0.1, 0.15) is 0 Å². The van der Waals surface area contributed by atoms with Crippen molar-refractivity contribution in [1.82, 2.24) is 5.32 Å². The first kappa shape index (κ1) is 13.5. The Balaban J connectivity index is 2.14. The number of nitrogens with zero attached hydrogens (tertiary/aromatic N) is 1. The first-order valence-electron chi connectivity index (χ1n) is 6.34. The van der Waals surface area contributed by atoms with E-state index in [0.29, 0.717) is 18.6 Å². The molecule has 0 amide bonds. The number of hydrogen-bond acceptors (Lipinski definition) is 3. The fourth-order valence-corrected chi connectivity index (χ4v) is 2.32. The van der Waals surface area contributed by atoms with Crippen LogP contribution in [0.2, 0.25) is 0 Å². The van der Waals surface area contributed by atoms with Crippen molar-refractivity contribution < 1.29 is 4.74 Å². The third-order valence-corrected chi connectivity index (χ3v) is 3.65. The average Bonchev–Trinajstić information content (AvgIpc) is 2.26. The zero-order valence-electron chi connectivity index (χ0n) is 10.8. The lowest BCUT2D eigenvalue weighted by molar-refractivity contribution is -0.113. The molecule has 1 fully saturated rings. The highest BCUT2D eigenvalue weighted by atomic mass is 16.5. The van der Waals surface area contributed by atoms with Crippen LogP contribution in [0.5, 0.6) is 0 Å². The number of nitriles is 1. The fraction of sp³-hybridized carbons (Fsp3) is 0.923. The molecular formula is C13H24N2O. The predicted molar refractivity (Wildman–Crippen MR) is 65.1 cm³/mol. The molecular weight excluding hydrogens is 200 g/mol. The van der Waals surface area contributed by atoms with Crippen molar-refractivity contribution in [1.29, 1.82) is 5.26 Å². The van der Waals surface area contributed by atoms with Gasteiger partial charge in [-0.2, -0.15) is 5.26 Å². The zero-order chi connectivity index (χ0) is 12.0. The minimum atomic E-state index is 0.255. The first-order chi connectivity index (χ1) is 7.62. The molecule has 92 valence electrons. The third-order valence-electron chi connectivity index (χ3n) is 3.65. The van der Waals surface area contributed by atoms with Crippen molar-refractivity contribution in [3.63, 3.8) is 0 Å². The highest BCUT2D eigenvalue weighted by Gasteiger charge is 2.48. The molecule has 1 aliphatic rings. The molecule has 0 saturated heterocycles. The molecule has 0 aromatic rings. The van der Waals surface area contributed by atoms with Crippen molar-refractivity contribution in [3.8, 4) is 6.07 Å². The van der Waals surface area contributed by atoms with Crippen LogP contribution in [0.25, 0.3) is 0 Å². The molecule has 16 heavy (non-hydrogen) atoms. The molecule has 3 heteroatoms. The molecule has 0 heterocycles. The van der Waals surface area contributed by atoms with Crippen LogP contribution in [-0.4, -0.2) is 25.3 Å². The van der Waals surface area contributed by atoms with Crippen molar-refractivity contribution in [2.45, 2.75) is 58.6 Å². The van der Waals surface area contributed by atoms with Crippen LogP contribution in [0, 0.1) is 16.7 Å². The Labute approximate surface area is 99.2 Å². The van der Waals surface area contributed by atoms with Crippen LogP contribution >= 0.6 is 0 Å². The van der Waals surface area contributed by atoms with Gasteiger partial charge in [-0.3, -0.25) is 0 Å². The smallest absolute Gasteiger partial charge is 0.0655 e. The molecule has 0 spiro atoms. The molecule has 0 aromatic carbocycles. The molecule has 0 aliphatic heterocycles. The summed E-state index contributed by atoms with van der Waals surface area (Å²) < 4.78 is 5.69. The van der Waals surface area contributed by atoms with E-state index in [2.05, 4.69) is 32.2 Å². The van der Waals surface area contributed by atoms with E-state index in [1.807, 2.05) is 0 Å². The summed E-state index contributed by atoms with van der Waals surface area (Å²) in [6, 6.07) is 2.75. The molecule has 1 rings (SSSR count). The van der Waals surface area contributed by atoms with E-state index in [9.17, 15) is 0 Å². The van der Waals surface area contributed by atoms with E-state index in [-0.39, 0.29) is 5.41 Å². The van der Waals surface area contributed by atoms with Gasteiger partial charge in [0.05, 0.1) is 12.2 Å². The van der Waals surface area contributed by atoms with Crippen molar-refractivity contribution in [2.75, 3.05) is 13.2 Å². The van der Waals surface area contributed by atoms with E-state index in [1.165, 1.54) is 0 Å². The van der Waals surface area contributed by atoms with E-state index in [4.69, 9.17) is 10.00 Å². The van der Waals surface area contributed by atoms with Crippen LogP contribution in [0.3, 0.4) is 0 Å². The Kier molecular flexibility index (Phi) is 5.24. The molecule has 3 nitrogen and oxygen atoms in total. The number of nitrogens with one attached hydrogen (secondary N) is 1. The lowest BCUT2D eigenvalue weighted by atomic mass is 9.64. The van der Waals surface area contributed by atoms with Crippen LogP contribution in [0.4, 0.5) is 0 Å². The maximum atomic E-state index is 8.42. The largest absolute Gasteiger partial charge is 0.378 e. The average molecular weight is 224 g/mol. The van der Waals surface area contributed by atoms with Gasteiger partial charge in [0, 0.05) is 24.5 Å². The van der Waals surface area contributed by atoms with Gasteiger partial charge in [0.25, 0.3) is 0 Å². The van der Waals surface area contributed by atoms with Gasteiger partial charge in [0.2, 0.25) is 0 Å². The van der Waals surface area contributed by atoms with E-state index < -0.39 is 0 Å². The maximum Gasteiger partial charge on any atom is 0.0655 e. The van der Waals surface area contributed by atoms with Crippen LogP contribution in [0.15, 0.2) is 0 Å². The van der Waals surface area contributed by atoms with Crippen molar-refractivity contribution in [3.05, 3.63) is 0 Å². The van der Waals surface area contributed by atoms with Gasteiger partial charge in [-0.05, 0) is 32.7 Å². The van der Waals surface area contributed by atoms with Crippen molar-refractivity contribution in [2.24, 2.45) is 5.41 Å². The molecule has 2 unspecified atom stereocenters.